The molecule has 1 aliphatic heterocycles. The topological polar surface area (TPSA) is 24.7 Å². The summed E-state index contributed by atoms with van der Waals surface area (Å²) in [5.41, 5.74) is 0. The summed E-state index contributed by atoms with van der Waals surface area (Å²) in [7, 11) is 0. The molecule has 2 nitrogen and oxygen atoms in total. The monoisotopic (exact) mass is 128 g/mol. The molecule has 1 aliphatic rings. The first-order valence-electron chi connectivity index (χ1n) is 2.57. The average molecular weight is 128 g/mol. The average Bonchev–Trinajstić information content (AvgIpc) is 1.94. The van der Waals surface area contributed by atoms with E-state index >= 15 is 0 Å². The Kier molecular flexibility index (Phi) is 2.09. The fourth-order valence-corrected chi connectivity index (χ4v) is 0.709. The molecule has 0 saturated carbocycles. The van der Waals surface area contributed by atoms with Gasteiger partial charge in [0.05, 0.1) is 11.9 Å². The van der Waals surface area contributed by atoms with Crippen molar-refractivity contribution in [3.63, 3.8) is 0 Å². The van der Waals surface area contributed by atoms with Crippen molar-refractivity contribution in [2.45, 2.75) is 11.8 Å². The van der Waals surface area contributed by atoms with Crippen LogP contribution in [0, 0.1) is 0 Å². The maximum atomic E-state index is 4.14. The third-order valence-electron chi connectivity index (χ3n) is 0.910. The van der Waals surface area contributed by atoms with E-state index in [0.717, 1.165) is 13.0 Å². The highest BCUT2D eigenvalue weighted by molar-refractivity contribution is 7.81. The smallest absolute Gasteiger partial charge is 0.0969 e. The number of hydrogen-bond donors (Lipinski definition) is 1. The molecule has 0 aliphatic carbocycles. The Morgan fingerprint density at radius 2 is 2.38 bits per heavy atom. The molecule has 1 rings (SSSR count). The zero-order valence-corrected chi connectivity index (χ0v) is 5.38. The molecule has 3 heteroatoms. The Balaban J connectivity index is 2.48. The summed E-state index contributed by atoms with van der Waals surface area (Å²) in [5, 5.41) is 0.140. The van der Waals surface area contributed by atoms with Crippen molar-refractivity contribution in [3.8, 4) is 0 Å². The van der Waals surface area contributed by atoms with Gasteiger partial charge in [-0.25, -0.2) is 0 Å². The lowest BCUT2D eigenvalue weighted by Crippen LogP contribution is -1.91. The Hall–Kier alpha value is -0.310. The standard InChI is InChI=1S/C5H8N2S/c8-5-1-2-6-3-4-7-5/h2,4-5,8H,1,3H2. The molecule has 0 radical (unpaired) electrons. The van der Waals surface area contributed by atoms with E-state index in [9.17, 15) is 0 Å². The Bertz CT molecular complexity index is 120. The lowest BCUT2D eigenvalue weighted by molar-refractivity contribution is 1.000. The van der Waals surface area contributed by atoms with E-state index in [0.29, 0.717) is 0 Å². The highest BCUT2D eigenvalue weighted by Gasteiger charge is 1.95. The second kappa shape index (κ2) is 2.87. The van der Waals surface area contributed by atoms with Crippen molar-refractivity contribution in [1.82, 2.24) is 0 Å². The van der Waals surface area contributed by atoms with Crippen LogP contribution in [-0.2, 0) is 0 Å². The van der Waals surface area contributed by atoms with Crippen LogP contribution in [0.1, 0.15) is 6.42 Å². The van der Waals surface area contributed by atoms with Gasteiger partial charge in [0.15, 0.2) is 0 Å². The van der Waals surface area contributed by atoms with Crippen LogP contribution in [0.4, 0.5) is 0 Å². The third kappa shape index (κ3) is 1.66. The van der Waals surface area contributed by atoms with Crippen molar-refractivity contribution in [2.24, 2.45) is 9.98 Å². The lowest BCUT2D eigenvalue weighted by Gasteiger charge is -1.93. The van der Waals surface area contributed by atoms with Crippen molar-refractivity contribution >= 4 is 25.1 Å². The van der Waals surface area contributed by atoms with E-state index in [1.807, 2.05) is 6.21 Å². The number of nitrogens with zero attached hydrogens (tertiary/aromatic N) is 2. The third-order valence-corrected chi connectivity index (χ3v) is 1.25. The van der Waals surface area contributed by atoms with Crippen LogP contribution >= 0.6 is 12.6 Å². The molecule has 0 N–H and O–H groups in total. The van der Waals surface area contributed by atoms with Gasteiger partial charge in [0.1, 0.15) is 0 Å². The molecular weight excluding hydrogens is 120 g/mol. The van der Waals surface area contributed by atoms with Gasteiger partial charge in [0.25, 0.3) is 0 Å². The molecule has 1 unspecified atom stereocenters. The van der Waals surface area contributed by atoms with Gasteiger partial charge in [-0.2, -0.15) is 12.6 Å². The molecule has 0 bridgehead atoms. The molecule has 1 atom stereocenters. The zero-order valence-electron chi connectivity index (χ0n) is 4.49. The molecular formula is C5H8N2S. The first-order valence-corrected chi connectivity index (χ1v) is 3.09. The van der Waals surface area contributed by atoms with E-state index in [2.05, 4.69) is 22.6 Å². The Morgan fingerprint density at radius 3 is 3.25 bits per heavy atom. The molecule has 0 aromatic carbocycles. The number of thiol groups is 1. The quantitative estimate of drug-likeness (QED) is 0.466. The van der Waals surface area contributed by atoms with Crippen LogP contribution < -0.4 is 0 Å². The molecule has 0 aromatic heterocycles. The molecule has 8 heavy (non-hydrogen) atoms. The summed E-state index contributed by atoms with van der Waals surface area (Å²) in [6.07, 6.45) is 4.52. The van der Waals surface area contributed by atoms with Crippen LogP contribution in [0.5, 0.6) is 0 Å². The molecule has 0 spiro atoms. The predicted molar refractivity (Wildman–Crippen MR) is 39.2 cm³/mol. The van der Waals surface area contributed by atoms with Gasteiger partial charge in [-0.15, -0.1) is 0 Å². The fraction of sp³-hybridized carbons (Fsp3) is 0.600. The highest BCUT2D eigenvalue weighted by atomic mass is 32.1. The van der Waals surface area contributed by atoms with E-state index in [4.69, 9.17) is 0 Å². The van der Waals surface area contributed by atoms with Crippen molar-refractivity contribution < 1.29 is 0 Å². The first-order chi connectivity index (χ1) is 3.89. The number of rotatable bonds is 0. The summed E-state index contributed by atoms with van der Waals surface area (Å²) < 4.78 is 0. The van der Waals surface area contributed by atoms with Gasteiger partial charge in [-0.05, 0) is 0 Å². The minimum absolute atomic E-state index is 0.140. The largest absolute Gasteiger partial charge is 0.292 e. The van der Waals surface area contributed by atoms with Gasteiger partial charge in [0, 0.05) is 18.9 Å². The van der Waals surface area contributed by atoms with Crippen molar-refractivity contribution in [2.75, 3.05) is 6.54 Å². The van der Waals surface area contributed by atoms with Crippen LogP contribution in [0.3, 0.4) is 0 Å². The van der Waals surface area contributed by atoms with Crippen LogP contribution in [0.25, 0.3) is 0 Å². The van der Waals surface area contributed by atoms with Gasteiger partial charge < -0.3 is 0 Å². The molecule has 0 amide bonds. The van der Waals surface area contributed by atoms with Gasteiger partial charge in [0.2, 0.25) is 0 Å². The normalized spacial score (nSPS) is 27.9. The van der Waals surface area contributed by atoms with Gasteiger partial charge in [-0.1, -0.05) is 0 Å². The summed E-state index contributed by atoms with van der Waals surface area (Å²) >= 11 is 4.14. The molecule has 0 aromatic rings. The summed E-state index contributed by atoms with van der Waals surface area (Å²) in [6, 6.07) is 0. The first kappa shape index (κ1) is 5.82. The second-order valence-electron chi connectivity index (χ2n) is 1.60. The Labute approximate surface area is 54.1 Å². The van der Waals surface area contributed by atoms with Crippen LogP contribution in [0.15, 0.2) is 9.98 Å². The number of hydrogen-bond acceptors (Lipinski definition) is 3. The van der Waals surface area contributed by atoms with Crippen molar-refractivity contribution in [1.29, 1.82) is 0 Å². The fourth-order valence-electron chi connectivity index (χ4n) is 0.520. The molecule has 0 fully saturated rings. The molecule has 0 saturated heterocycles. The van der Waals surface area contributed by atoms with Gasteiger partial charge in [-0.3, -0.25) is 9.98 Å². The summed E-state index contributed by atoms with van der Waals surface area (Å²) in [6.45, 7) is 0.719. The van der Waals surface area contributed by atoms with E-state index in [1.54, 1.807) is 6.21 Å². The van der Waals surface area contributed by atoms with E-state index in [-0.39, 0.29) is 5.37 Å². The van der Waals surface area contributed by atoms with Gasteiger partial charge >= 0.3 is 0 Å². The molecule has 1 heterocycles. The second-order valence-corrected chi connectivity index (χ2v) is 2.19. The number of aliphatic imine (C=N–C) groups is 2. The highest BCUT2D eigenvalue weighted by Crippen LogP contribution is 2.01. The summed E-state index contributed by atoms with van der Waals surface area (Å²) in [4.78, 5) is 8.04. The summed E-state index contributed by atoms with van der Waals surface area (Å²) in [5.74, 6) is 0. The van der Waals surface area contributed by atoms with E-state index < -0.39 is 0 Å². The Morgan fingerprint density at radius 1 is 1.50 bits per heavy atom. The van der Waals surface area contributed by atoms with Crippen molar-refractivity contribution in [3.05, 3.63) is 0 Å². The van der Waals surface area contributed by atoms with E-state index in [1.165, 1.54) is 0 Å². The predicted octanol–water partition coefficient (Wildman–Crippen LogP) is 0.788. The SMILES string of the molecule is SC1CC=NCC=N1. The zero-order chi connectivity index (χ0) is 5.82. The lowest BCUT2D eigenvalue weighted by atomic mass is 10.5. The maximum Gasteiger partial charge on any atom is 0.0969 e. The minimum Gasteiger partial charge on any atom is -0.292 e. The maximum absolute atomic E-state index is 4.14. The van der Waals surface area contributed by atoms with Crippen LogP contribution in [0.2, 0.25) is 0 Å². The minimum atomic E-state index is 0.140. The molecule has 44 valence electrons. The van der Waals surface area contributed by atoms with Crippen LogP contribution in [-0.4, -0.2) is 24.3 Å².